The summed E-state index contributed by atoms with van der Waals surface area (Å²) in [5.74, 6) is -2.41. The lowest BCUT2D eigenvalue weighted by atomic mass is 10.0. The molecule has 0 spiro atoms. The van der Waals surface area contributed by atoms with Crippen LogP contribution in [-0.4, -0.2) is 83.9 Å². The molecular formula is C29H39F3N6O5. The number of likely N-dealkylation sites (tertiary alicyclic amines) is 1. The molecule has 1 saturated heterocycles. The van der Waals surface area contributed by atoms with E-state index in [4.69, 9.17) is 9.47 Å². The Labute approximate surface area is 249 Å². The maximum Gasteiger partial charge on any atom is 0.471 e. The van der Waals surface area contributed by atoms with Gasteiger partial charge in [0.2, 0.25) is 5.95 Å². The SMILES string of the molecule is CCN(CC)c1ncc(NC(=O)C(F)(F)F)c(N(C)[C@@H](Cc2ccc(OC(=O)N3CCCC3)cc2)C(=O)OC(C)(C)C)n1. The Morgan fingerprint density at radius 1 is 1.05 bits per heavy atom. The second-order valence-corrected chi connectivity index (χ2v) is 11.1. The molecule has 1 aliphatic rings. The van der Waals surface area contributed by atoms with Crippen molar-refractivity contribution in [1.29, 1.82) is 0 Å². The number of halogens is 3. The summed E-state index contributed by atoms with van der Waals surface area (Å²) in [4.78, 5) is 51.1. The molecule has 1 aromatic heterocycles. The van der Waals surface area contributed by atoms with Crippen LogP contribution in [0.4, 0.5) is 35.4 Å². The molecule has 0 radical (unpaired) electrons. The van der Waals surface area contributed by atoms with E-state index >= 15 is 0 Å². The Kier molecular flexibility index (Phi) is 10.8. The van der Waals surface area contributed by atoms with Gasteiger partial charge in [-0.25, -0.2) is 14.6 Å². The van der Waals surface area contributed by atoms with E-state index in [0.29, 0.717) is 37.5 Å². The average Bonchev–Trinajstić information content (AvgIpc) is 3.47. The van der Waals surface area contributed by atoms with Crippen molar-refractivity contribution in [3.05, 3.63) is 36.0 Å². The fraction of sp³-hybridized carbons (Fsp3) is 0.552. The summed E-state index contributed by atoms with van der Waals surface area (Å²) < 4.78 is 50.6. The van der Waals surface area contributed by atoms with Crippen molar-refractivity contribution >= 4 is 35.4 Å². The average molecular weight is 609 g/mol. The Morgan fingerprint density at radius 3 is 2.19 bits per heavy atom. The summed E-state index contributed by atoms with van der Waals surface area (Å²) >= 11 is 0. The van der Waals surface area contributed by atoms with E-state index in [0.717, 1.165) is 19.0 Å². The number of nitrogens with one attached hydrogen (secondary N) is 1. The first-order valence-corrected chi connectivity index (χ1v) is 14.1. The number of alkyl halides is 3. The van der Waals surface area contributed by atoms with Gasteiger partial charge in [0.1, 0.15) is 23.1 Å². The van der Waals surface area contributed by atoms with Crippen LogP contribution >= 0.6 is 0 Å². The highest BCUT2D eigenvalue weighted by Crippen LogP contribution is 2.30. The number of hydrogen-bond donors (Lipinski definition) is 1. The van der Waals surface area contributed by atoms with Gasteiger partial charge in [-0.15, -0.1) is 0 Å². The Balaban J connectivity index is 1.96. The van der Waals surface area contributed by atoms with Gasteiger partial charge in [-0.1, -0.05) is 12.1 Å². The number of aromatic nitrogens is 2. The minimum atomic E-state index is -5.15. The van der Waals surface area contributed by atoms with E-state index in [1.165, 1.54) is 11.9 Å². The monoisotopic (exact) mass is 608 g/mol. The van der Waals surface area contributed by atoms with Crippen LogP contribution < -0.4 is 19.9 Å². The highest BCUT2D eigenvalue weighted by molar-refractivity contribution is 5.97. The molecule has 1 aliphatic heterocycles. The maximum absolute atomic E-state index is 13.5. The molecule has 43 heavy (non-hydrogen) atoms. The highest BCUT2D eigenvalue weighted by atomic mass is 19.4. The van der Waals surface area contributed by atoms with Crippen LogP contribution in [0.25, 0.3) is 0 Å². The van der Waals surface area contributed by atoms with E-state index in [1.54, 1.807) is 54.8 Å². The fourth-order valence-electron chi connectivity index (χ4n) is 4.45. The van der Waals surface area contributed by atoms with Gasteiger partial charge in [-0.05, 0) is 65.2 Å². The van der Waals surface area contributed by atoms with Crippen molar-refractivity contribution in [2.75, 3.05) is 48.3 Å². The van der Waals surface area contributed by atoms with E-state index in [1.807, 2.05) is 19.2 Å². The number of carbonyl (C=O) groups excluding carboxylic acids is 3. The number of hydrogen-bond acceptors (Lipinski definition) is 9. The third-order valence-corrected chi connectivity index (χ3v) is 6.71. The zero-order valence-electron chi connectivity index (χ0n) is 25.3. The Morgan fingerprint density at radius 2 is 1.65 bits per heavy atom. The molecule has 0 unspecified atom stereocenters. The van der Waals surface area contributed by atoms with Gasteiger partial charge in [-0.3, -0.25) is 4.79 Å². The topological polar surface area (TPSA) is 117 Å². The first kappa shape index (κ1) is 33.4. The second kappa shape index (κ2) is 13.9. The largest absolute Gasteiger partial charge is 0.471 e. The first-order valence-electron chi connectivity index (χ1n) is 14.1. The van der Waals surface area contributed by atoms with Crippen LogP contribution in [0.15, 0.2) is 30.5 Å². The summed E-state index contributed by atoms with van der Waals surface area (Å²) in [6, 6.07) is 5.51. The molecule has 11 nitrogen and oxygen atoms in total. The van der Waals surface area contributed by atoms with E-state index in [9.17, 15) is 27.6 Å². The number of likely N-dealkylation sites (N-methyl/N-ethyl adjacent to an activating group) is 1. The standard InChI is InChI=1S/C29H39F3N6O5/c1-7-37(8-2)26-33-18-21(34-25(40)29(30,31)32)23(35-26)36(6)22(24(39)43-28(3,4)5)17-19-11-13-20(14-12-19)42-27(41)38-15-9-10-16-38/h11-14,18,22H,7-10,15-17H2,1-6H3,(H,34,40)/t22-/m0/s1. The van der Waals surface area contributed by atoms with Crippen LogP contribution in [0.2, 0.25) is 0 Å². The predicted molar refractivity (Wildman–Crippen MR) is 155 cm³/mol. The van der Waals surface area contributed by atoms with Gasteiger partial charge >= 0.3 is 24.1 Å². The van der Waals surface area contributed by atoms with Gasteiger partial charge in [0.15, 0.2) is 5.82 Å². The fourth-order valence-corrected chi connectivity index (χ4v) is 4.45. The third-order valence-electron chi connectivity index (χ3n) is 6.71. The summed E-state index contributed by atoms with van der Waals surface area (Å²) in [6.45, 7) is 11.1. The quantitative estimate of drug-likeness (QED) is 0.380. The van der Waals surface area contributed by atoms with Gasteiger partial charge in [0.05, 0.1) is 6.20 Å². The molecule has 2 aromatic rings. The molecule has 3 rings (SSSR count). The third kappa shape index (κ3) is 9.19. The van der Waals surface area contributed by atoms with Crippen LogP contribution in [-0.2, 0) is 20.7 Å². The predicted octanol–water partition coefficient (Wildman–Crippen LogP) is 4.81. The highest BCUT2D eigenvalue weighted by Gasteiger charge is 2.40. The normalized spacial score (nSPS) is 14.2. The van der Waals surface area contributed by atoms with E-state index in [2.05, 4.69) is 9.97 Å². The number of nitrogens with zero attached hydrogens (tertiary/aromatic N) is 5. The van der Waals surface area contributed by atoms with Crippen LogP contribution in [0.3, 0.4) is 0 Å². The Hall–Kier alpha value is -4.10. The Bertz CT molecular complexity index is 1270. The summed E-state index contributed by atoms with van der Waals surface area (Å²) in [6.07, 6.45) is -2.58. The minimum Gasteiger partial charge on any atom is -0.458 e. The van der Waals surface area contributed by atoms with E-state index in [-0.39, 0.29) is 23.9 Å². The minimum absolute atomic E-state index is 0.0586. The number of benzene rings is 1. The molecule has 14 heteroatoms. The lowest BCUT2D eigenvalue weighted by molar-refractivity contribution is -0.167. The van der Waals surface area contributed by atoms with Crippen LogP contribution in [0.1, 0.15) is 53.0 Å². The van der Waals surface area contributed by atoms with Crippen LogP contribution in [0.5, 0.6) is 5.75 Å². The molecule has 1 N–H and O–H groups in total. The molecular weight excluding hydrogens is 569 g/mol. The van der Waals surface area contributed by atoms with Crippen molar-refractivity contribution in [3.8, 4) is 5.75 Å². The lowest BCUT2D eigenvalue weighted by Crippen LogP contribution is -2.45. The molecule has 2 amide bonds. The number of anilines is 3. The van der Waals surface area contributed by atoms with Gasteiger partial charge in [-0.2, -0.15) is 18.2 Å². The molecule has 1 aromatic carbocycles. The molecule has 2 heterocycles. The van der Waals surface area contributed by atoms with Crippen molar-refractivity contribution in [3.63, 3.8) is 0 Å². The molecule has 0 aliphatic carbocycles. The van der Waals surface area contributed by atoms with Crippen molar-refractivity contribution in [2.45, 2.75) is 71.7 Å². The number of carbonyl (C=O) groups is 3. The summed E-state index contributed by atoms with van der Waals surface area (Å²) in [5.41, 5.74) is -0.532. The summed E-state index contributed by atoms with van der Waals surface area (Å²) in [5, 5.41) is 1.83. The second-order valence-electron chi connectivity index (χ2n) is 11.1. The number of esters is 1. The molecule has 1 atom stereocenters. The molecule has 1 fully saturated rings. The molecule has 0 bridgehead atoms. The number of amides is 2. The van der Waals surface area contributed by atoms with Gasteiger partial charge < -0.3 is 29.5 Å². The van der Waals surface area contributed by atoms with Gasteiger partial charge in [0.25, 0.3) is 0 Å². The van der Waals surface area contributed by atoms with Crippen molar-refractivity contribution in [2.24, 2.45) is 0 Å². The van der Waals surface area contributed by atoms with E-state index < -0.39 is 35.8 Å². The van der Waals surface area contributed by atoms with Crippen molar-refractivity contribution in [1.82, 2.24) is 14.9 Å². The zero-order chi connectivity index (χ0) is 31.9. The maximum atomic E-state index is 13.5. The zero-order valence-corrected chi connectivity index (χ0v) is 25.3. The smallest absolute Gasteiger partial charge is 0.458 e. The number of rotatable bonds is 10. The molecule has 236 valence electrons. The van der Waals surface area contributed by atoms with Gasteiger partial charge in [0, 0.05) is 39.6 Å². The first-order chi connectivity index (χ1) is 20.1. The summed E-state index contributed by atoms with van der Waals surface area (Å²) in [7, 11) is 1.48. The lowest BCUT2D eigenvalue weighted by Gasteiger charge is -2.32. The molecule has 0 saturated carbocycles. The van der Waals surface area contributed by atoms with Crippen LogP contribution in [0, 0.1) is 0 Å². The van der Waals surface area contributed by atoms with Crippen molar-refractivity contribution < 1.29 is 37.0 Å². The number of ether oxygens (including phenoxy) is 2.